The molecule has 5 nitrogen and oxygen atoms in total. The fraction of sp³-hybridized carbons (Fsp3) is 0.348. The Morgan fingerprint density at radius 1 is 0.906 bits per heavy atom. The minimum atomic E-state index is -1.08. The number of nitrogens with zero attached hydrogens (tertiary/aromatic N) is 1. The second-order valence-corrected chi connectivity index (χ2v) is 6.26. The Morgan fingerprint density at radius 2 is 1.53 bits per heavy atom. The van der Waals surface area contributed by atoms with Gasteiger partial charge in [-0.25, -0.2) is 17.6 Å². The lowest BCUT2D eigenvalue weighted by atomic mass is 10.1. The van der Waals surface area contributed by atoms with Crippen molar-refractivity contribution in [2.45, 2.75) is 39.3 Å². The van der Waals surface area contributed by atoms with Crippen LogP contribution in [0.1, 0.15) is 43.5 Å². The molecule has 1 saturated heterocycles. The van der Waals surface area contributed by atoms with E-state index in [0.29, 0.717) is 32.4 Å². The molecule has 176 valence electrons. The van der Waals surface area contributed by atoms with Crippen LogP contribution in [0, 0.1) is 17.5 Å². The van der Waals surface area contributed by atoms with Crippen molar-refractivity contribution < 1.29 is 31.9 Å². The van der Waals surface area contributed by atoms with Crippen molar-refractivity contribution in [1.82, 2.24) is 0 Å². The zero-order valence-electron chi connectivity index (χ0n) is 18.2. The van der Waals surface area contributed by atoms with E-state index in [9.17, 15) is 22.4 Å². The number of hydrogen-bond acceptors (Lipinski definition) is 4. The average Bonchev–Trinajstić information content (AvgIpc) is 3.05. The minimum absolute atomic E-state index is 0.0924. The average molecular weight is 456 g/mol. The molecule has 1 amide bonds. The summed E-state index contributed by atoms with van der Waals surface area (Å²) in [6, 6.07) is 6.89. The first-order chi connectivity index (χ1) is 15.4. The molecule has 0 radical (unpaired) electrons. The number of alkyl halides is 1. The first-order valence-corrected chi connectivity index (χ1v) is 9.97. The van der Waals surface area contributed by atoms with E-state index < -0.39 is 29.5 Å². The lowest BCUT2D eigenvalue weighted by Gasteiger charge is -2.23. The maximum Gasteiger partial charge on any atom is 0.255 e. The molecule has 1 aliphatic heterocycles. The van der Waals surface area contributed by atoms with Gasteiger partial charge in [0.05, 0.1) is 5.69 Å². The summed E-state index contributed by atoms with van der Waals surface area (Å²) in [5.41, 5.74) is 0.499. The van der Waals surface area contributed by atoms with Gasteiger partial charge in [0.2, 0.25) is 0 Å². The fourth-order valence-corrected chi connectivity index (χ4v) is 2.97. The largest absolute Gasteiger partial charge is 0.369 e. The van der Waals surface area contributed by atoms with Crippen molar-refractivity contribution >= 4 is 30.9 Å². The molecule has 0 saturated carbocycles. The van der Waals surface area contributed by atoms with Crippen molar-refractivity contribution in [2.75, 3.05) is 23.3 Å². The van der Waals surface area contributed by atoms with E-state index in [1.54, 1.807) is 4.90 Å². The minimum Gasteiger partial charge on any atom is -0.369 e. The number of carbonyl (C=O) groups is 3. The molecule has 1 heterocycles. The second-order valence-electron chi connectivity index (χ2n) is 6.26. The summed E-state index contributed by atoms with van der Waals surface area (Å²) in [7, 11) is 0. The van der Waals surface area contributed by atoms with Crippen LogP contribution in [0.3, 0.4) is 0 Å². The second kappa shape index (κ2) is 15.6. The summed E-state index contributed by atoms with van der Waals surface area (Å²) in [6.45, 7) is 8.87. The van der Waals surface area contributed by atoms with Gasteiger partial charge in [0.1, 0.15) is 25.6 Å². The molecule has 0 bridgehead atoms. The molecular weight excluding hydrogens is 428 g/mol. The normalized spacial score (nSPS) is 14.8. The van der Waals surface area contributed by atoms with E-state index in [0.717, 1.165) is 12.1 Å². The van der Waals surface area contributed by atoms with E-state index in [1.807, 2.05) is 27.4 Å². The molecule has 0 aromatic heterocycles. The summed E-state index contributed by atoms with van der Waals surface area (Å²) in [6.07, 6.45) is 0.452. The number of nitrogens with one attached hydrogen (secondary N) is 1. The predicted octanol–water partition coefficient (Wildman–Crippen LogP) is 5.34. The number of halogens is 4. The maximum atomic E-state index is 14.2. The van der Waals surface area contributed by atoms with E-state index in [2.05, 4.69) is 5.32 Å². The van der Waals surface area contributed by atoms with Crippen molar-refractivity contribution in [3.8, 4) is 0 Å². The number of carbonyl (C=O) groups excluding carboxylic acids is 3. The van der Waals surface area contributed by atoms with Gasteiger partial charge >= 0.3 is 0 Å². The van der Waals surface area contributed by atoms with Crippen LogP contribution in [-0.4, -0.2) is 38.7 Å². The third-order valence-corrected chi connectivity index (χ3v) is 4.38. The molecule has 3 rings (SSSR count). The molecule has 2 aromatic rings. The van der Waals surface area contributed by atoms with Crippen molar-refractivity contribution in [3.63, 3.8) is 0 Å². The van der Waals surface area contributed by atoms with Gasteiger partial charge in [-0.05, 0) is 49.6 Å². The molecule has 9 heteroatoms. The fourth-order valence-electron chi connectivity index (χ4n) is 2.97. The Hall–Kier alpha value is -3.23. The monoisotopic (exact) mass is 456 g/mol. The van der Waals surface area contributed by atoms with E-state index in [1.165, 1.54) is 24.3 Å². The molecule has 2 aromatic carbocycles. The van der Waals surface area contributed by atoms with E-state index >= 15 is 0 Å². The first-order valence-electron chi connectivity index (χ1n) is 9.97. The molecule has 0 aliphatic carbocycles. The highest BCUT2D eigenvalue weighted by Gasteiger charge is 2.20. The zero-order valence-corrected chi connectivity index (χ0v) is 18.2. The van der Waals surface area contributed by atoms with Crippen LogP contribution in [0.5, 0.6) is 0 Å². The van der Waals surface area contributed by atoms with E-state index in [-0.39, 0.29) is 16.9 Å². The Kier molecular flexibility index (Phi) is 14.0. The summed E-state index contributed by atoms with van der Waals surface area (Å²) in [5, 5.41) is 2.45. The standard InChI is InChI=1S/C19H18F4N2O.C2H6.2CH2O/c20-13-2-1-8-25(9-7-13)18-10-12(3-5-16(18)22)19(26)24-14-4-6-15(21)17(23)11-14;3*1-2/h3-6,10-11,13H,1-2,7-9H2,(H,24,26);1-2H3;2*1H2. The summed E-state index contributed by atoms with van der Waals surface area (Å²) < 4.78 is 53.9. The SMILES string of the molecule is C=O.C=O.CC.O=C(Nc1ccc(F)c(F)c1)c1ccc(F)c(N2CCCC(F)CC2)c1. The predicted molar refractivity (Wildman–Crippen MR) is 117 cm³/mol. The van der Waals surface area contributed by atoms with Gasteiger partial charge in [0.15, 0.2) is 11.6 Å². The molecule has 1 unspecified atom stereocenters. The van der Waals surface area contributed by atoms with E-state index in [4.69, 9.17) is 9.59 Å². The summed E-state index contributed by atoms with van der Waals surface area (Å²) in [4.78, 5) is 30.1. The van der Waals surface area contributed by atoms with Gasteiger partial charge in [-0.1, -0.05) is 13.8 Å². The highest BCUT2D eigenvalue weighted by molar-refractivity contribution is 6.04. The Morgan fingerprint density at radius 3 is 2.16 bits per heavy atom. The number of anilines is 2. The third kappa shape index (κ3) is 8.49. The first kappa shape index (κ1) is 28.8. The lowest BCUT2D eigenvalue weighted by Crippen LogP contribution is -2.26. The molecule has 1 fully saturated rings. The highest BCUT2D eigenvalue weighted by Crippen LogP contribution is 2.25. The Bertz CT molecular complexity index is 850. The molecule has 1 N–H and O–H groups in total. The molecular formula is C23H28F4N2O3. The van der Waals surface area contributed by atoms with Crippen LogP contribution in [0.15, 0.2) is 36.4 Å². The smallest absolute Gasteiger partial charge is 0.255 e. The van der Waals surface area contributed by atoms with Crippen LogP contribution >= 0.6 is 0 Å². The van der Waals surface area contributed by atoms with Gasteiger partial charge in [0.25, 0.3) is 5.91 Å². The van der Waals surface area contributed by atoms with Crippen LogP contribution < -0.4 is 10.2 Å². The maximum absolute atomic E-state index is 14.2. The summed E-state index contributed by atoms with van der Waals surface area (Å²) >= 11 is 0. The van der Waals surface area contributed by atoms with Crippen molar-refractivity contribution in [2.24, 2.45) is 0 Å². The summed E-state index contributed by atoms with van der Waals surface area (Å²) in [5.74, 6) is -3.16. The van der Waals surface area contributed by atoms with Gasteiger partial charge in [0, 0.05) is 30.4 Å². The van der Waals surface area contributed by atoms with Crippen LogP contribution in [0.25, 0.3) is 0 Å². The number of hydrogen-bond donors (Lipinski definition) is 1. The topological polar surface area (TPSA) is 66.5 Å². The van der Waals surface area contributed by atoms with Crippen molar-refractivity contribution in [1.29, 1.82) is 0 Å². The van der Waals surface area contributed by atoms with Gasteiger partial charge < -0.3 is 19.8 Å². The zero-order chi connectivity index (χ0) is 24.7. The number of benzene rings is 2. The Labute approximate surface area is 185 Å². The third-order valence-electron chi connectivity index (χ3n) is 4.38. The quantitative estimate of drug-likeness (QED) is 0.633. The van der Waals surface area contributed by atoms with Gasteiger partial charge in [-0.2, -0.15) is 0 Å². The number of rotatable bonds is 3. The van der Waals surface area contributed by atoms with Crippen molar-refractivity contribution in [3.05, 3.63) is 59.4 Å². The van der Waals surface area contributed by atoms with Gasteiger partial charge in [-0.15, -0.1) is 0 Å². The van der Waals surface area contributed by atoms with Gasteiger partial charge in [-0.3, -0.25) is 4.79 Å². The van der Waals surface area contributed by atoms with Crippen LogP contribution in [0.2, 0.25) is 0 Å². The van der Waals surface area contributed by atoms with Crippen LogP contribution in [-0.2, 0) is 9.59 Å². The molecule has 1 aliphatic rings. The number of amides is 1. The highest BCUT2D eigenvalue weighted by atomic mass is 19.2. The van der Waals surface area contributed by atoms with Crippen LogP contribution in [0.4, 0.5) is 28.9 Å². The molecule has 0 spiro atoms. The molecule has 1 atom stereocenters. The molecule has 32 heavy (non-hydrogen) atoms. The lowest BCUT2D eigenvalue weighted by molar-refractivity contribution is -0.0987. The Balaban J connectivity index is 0.00000148.